The minimum absolute atomic E-state index is 0.217. The monoisotopic (exact) mass is 347 g/mol. The molecule has 0 unspecified atom stereocenters. The van der Waals surface area contributed by atoms with Crippen LogP contribution in [0, 0.1) is 0 Å². The molecule has 5 nitrogen and oxygen atoms in total. The molecule has 0 fully saturated rings. The molecule has 0 aliphatic heterocycles. The number of ether oxygens (including phenoxy) is 2. The van der Waals surface area contributed by atoms with Gasteiger partial charge in [-0.3, -0.25) is 0 Å². The summed E-state index contributed by atoms with van der Waals surface area (Å²) in [7, 11) is 3.21. The molecule has 0 bridgehead atoms. The Hall–Kier alpha value is -2.01. The van der Waals surface area contributed by atoms with Gasteiger partial charge in [-0.2, -0.15) is 0 Å². The topological polar surface area (TPSA) is 56.3 Å². The molecule has 0 amide bonds. The fourth-order valence-electron chi connectivity index (χ4n) is 3.04. The Morgan fingerprint density at radius 3 is 2.62 bits per heavy atom. The van der Waals surface area contributed by atoms with Crippen molar-refractivity contribution >= 4 is 28.3 Å². The van der Waals surface area contributed by atoms with Gasteiger partial charge in [0.15, 0.2) is 11.5 Å². The molecule has 6 heteroatoms. The van der Waals surface area contributed by atoms with E-state index in [-0.39, 0.29) is 5.28 Å². The number of aromatic nitrogens is 2. The highest BCUT2D eigenvalue weighted by Gasteiger charge is 2.13. The highest BCUT2D eigenvalue weighted by molar-refractivity contribution is 6.28. The molecule has 1 aliphatic carbocycles. The van der Waals surface area contributed by atoms with Crippen molar-refractivity contribution in [1.29, 1.82) is 0 Å². The van der Waals surface area contributed by atoms with E-state index in [4.69, 9.17) is 21.1 Å². The minimum Gasteiger partial charge on any atom is -0.493 e. The summed E-state index contributed by atoms with van der Waals surface area (Å²) in [6, 6.07) is 3.70. The van der Waals surface area contributed by atoms with Gasteiger partial charge in [0.05, 0.1) is 19.7 Å². The summed E-state index contributed by atoms with van der Waals surface area (Å²) in [4.78, 5) is 8.63. The smallest absolute Gasteiger partial charge is 0.224 e. The molecule has 0 spiro atoms. The predicted octanol–water partition coefficient (Wildman–Crippen LogP) is 4.60. The van der Waals surface area contributed by atoms with E-state index >= 15 is 0 Å². The van der Waals surface area contributed by atoms with E-state index in [0.29, 0.717) is 11.5 Å². The van der Waals surface area contributed by atoms with Crippen LogP contribution in [0.15, 0.2) is 23.8 Å². The van der Waals surface area contributed by atoms with Crippen LogP contribution < -0.4 is 14.8 Å². The van der Waals surface area contributed by atoms with Gasteiger partial charge >= 0.3 is 0 Å². The third-order valence-corrected chi connectivity index (χ3v) is 4.47. The molecule has 1 heterocycles. The standard InChI is InChI=1S/C18H22ClN3O2/c1-23-15-10-13-14(11-16(15)24-2)21-18(19)22-17(13)20-9-8-12-6-4-3-5-7-12/h6,10-11H,3-5,7-9H2,1-2H3,(H,20,21,22). The van der Waals surface area contributed by atoms with Crippen LogP contribution in [0.3, 0.4) is 0 Å². The van der Waals surface area contributed by atoms with E-state index in [1.54, 1.807) is 14.2 Å². The molecule has 1 aromatic heterocycles. The Labute approximate surface area is 147 Å². The summed E-state index contributed by atoms with van der Waals surface area (Å²) in [5.41, 5.74) is 2.25. The number of nitrogens with one attached hydrogen (secondary N) is 1. The quantitative estimate of drug-likeness (QED) is 0.611. The molecule has 0 saturated heterocycles. The Bertz CT molecular complexity index is 762. The van der Waals surface area contributed by atoms with Crippen molar-refractivity contribution in [2.75, 3.05) is 26.1 Å². The van der Waals surface area contributed by atoms with E-state index < -0.39 is 0 Å². The molecule has 0 atom stereocenters. The first-order valence-electron chi connectivity index (χ1n) is 8.22. The van der Waals surface area contributed by atoms with Gasteiger partial charge in [-0.05, 0) is 49.8 Å². The Morgan fingerprint density at radius 2 is 1.92 bits per heavy atom. The number of hydrogen-bond acceptors (Lipinski definition) is 5. The fraction of sp³-hybridized carbons (Fsp3) is 0.444. The van der Waals surface area contributed by atoms with Crippen molar-refractivity contribution in [3.8, 4) is 11.5 Å². The summed E-state index contributed by atoms with van der Waals surface area (Å²) in [6.07, 6.45) is 8.41. The van der Waals surface area contributed by atoms with Crippen LogP contribution >= 0.6 is 11.6 Å². The summed E-state index contributed by atoms with van der Waals surface area (Å²) in [5, 5.41) is 4.48. The van der Waals surface area contributed by atoms with Crippen LogP contribution in [0.5, 0.6) is 11.5 Å². The fourth-order valence-corrected chi connectivity index (χ4v) is 3.21. The number of benzene rings is 1. The molecule has 1 aromatic carbocycles. The van der Waals surface area contributed by atoms with Gasteiger partial charge in [-0.1, -0.05) is 11.6 Å². The van der Waals surface area contributed by atoms with Crippen molar-refractivity contribution < 1.29 is 9.47 Å². The third kappa shape index (κ3) is 3.73. The zero-order valence-electron chi connectivity index (χ0n) is 14.1. The molecule has 1 aliphatic rings. The molecule has 0 saturated carbocycles. The van der Waals surface area contributed by atoms with Gasteiger partial charge in [-0.25, -0.2) is 9.97 Å². The molecule has 1 N–H and O–H groups in total. The minimum atomic E-state index is 0.217. The lowest BCUT2D eigenvalue weighted by atomic mass is 9.97. The second-order valence-corrected chi connectivity index (χ2v) is 6.19. The van der Waals surface area contributed by atoms with E-state index in [9.17, 15) is 0 Å². The number of nitrogens with zero attached hydrogens (tertiary/aromatic N) is 2. The average Bonchev–Trinajstić information content (AvgIpc) is 2.61. The zero-order valence-corrected chi connectivity index (χ0v) is 14.8. The van der Waals surface area contributed by atoms with Crippen LogP contribution in [0.4, 0.5) is 5.82 Å². The molecular weight excluding hydrogens is 326 g/mol. The van der Waals surface area contributed by atoms with Crippen LogP contribution in [0.2, 0.25) is 5.28 Å². The predicted molar refractivity (Wildman–Crippen MR) is 97.3 cm³/mol. The van der Waals surface area contributed by atoms with Gasteiger partial charge in [-0.15, -0.1) is 0 Å². The van der Waals surface area contributed by atoms with Gasteiger partial charge in [0.1, 0.15) is 5.82 Å². The normalized spacial score (nSPS) is 14.4. The maximum atomic E-state index is 6.07. The first-order chi connectivity index (χ1) is 11.7. The third-order valence-electron chi connectivity index (χ3n) is 4.30. The van der Waals surface area contributed by atoms with E-state index in [1.165, 1.54) is 31.3 Å². The summed E-state index contributed by atoms with van der Waals surface area (Å²) in [5.74, 6) is 1.99. The summed E-state index contributed by atoms with van der Waals surface area (Å²) < 4.78 is 10.7. The molecule has 3 rings (SSSR count). The SMILES string of the molecule is COc1cc2nc(Cl)nc(NCCC3=CCCCC3)c2cc1OC. The molecule has 0 radical (unpaired) electrons. The maximum Gasteiger partial charge on any atom is 0.224 e. The van der Waals surface area contributed by atoms with Crippen molar-refractivity contribution in [3.05, 3.63) is 29.1 Å². The number of fused-ring (bicyclic) bond motifs is 1. The van der Waals surface area contributed by atoms with E-state index in [1.807, 2.05) is 12.1 Å². The number of methoxy groups -OCH3 is 2. The first kappa shape index (κ1) is 16.8. The van der Waals surface area contributed by atoms with Gasteiger partial charge < -0.3 is 14.8 Å². The van der Waals surface area contributed by atoms with E-state index in [2.05, 4.69) is 21.4 Å². The van der Waals surface area contributed by atoms with Gasteiger partial charge in [0.2, 0.25) is 5.28 Å². The summed E-state index contributed by atoms with van der Waals surface area (Å²) in [6.45, 7) is 0.822. The summed E-state index contributed by atoms with van der Waals surface area (Å²) >= 11 is 6.07. The number of hydrogen-bond donors (Lipinski definition) is 1. The van der Waals surface area contributed by atoms with Crippen molar-refractivity contribution in [2.24, 2.45) is 0 Å². The van der Waals surface area contributed by atoms with Crippen LogP contribution in [-0.4, -0.2) is 30.7 Å². The number of rotatable bonds is 6. The highest BCUT2D eigenvalue weighted by Crippen LogP contribution is 2.34. The molecule has 128 valence electrons. The second kappa shape index (κ2) is 7.71. The van der Waals surface area contributed by atoms with E-state index in [0.717, 1.165) is 29.7 Å². The molecule has 24 heavy (non-hydrogen) atoms. The highest BCUT2D eigenvalue weighted by atomic mass is 35.5. The Kier molecular flexibility index (Phi) is 5.41. The number of allylic oxidation sites excluding steroid dienone is 1. The maximum absolute atomic E-state index is 6.07. The van der Waals surface area contributed by atoms with Crippen molar-refractivity contribution in [3.63, 3.8) is 0 Å². The van der Waals surface area contributed by atoms with Crippen molar-refractivity contribution in [2.45, 2.75) is 32.1 Å². The average molecular weight is 348 g/mol. The van der Waals surface area contributed by atoms with Gasteiger partial charge in [0.25, 0.3) is 0 Å². The Morgan fingerprint density at radius 1 is 1.12 bits per heavy atom. The first-order valence-corrected chi connectivity index (χ1v) is 8.60. The second-order valence-electron chi connectivity index (χ2n) is 5.85. The van der Waals surface area contributed by atoms with Crippen molar-refractivity contribution in [1.82, 2.24) is 9.97 Å². The zero-order chi connectivity index (χ0) is 16.9. The van der Waals surface area contributed by atoms with Gasteiger partial charge in [0, 0.05) is 18.0 Å². The molecule has 2 aromatic rings. The Balaban J connectivity index is 1.84. The molecular formula is C18H22ClN3O2. The number of anilines is 1. The lowest BCUT2D eigenvalue weighted by Gasteiger charge is -2.15. The van der Waals surface area contributed by atoms with Crippen LogP contribution in [0.25, 0.3) is 10.9 Å². The number of halogens is 1. The van der Waals surface area contributed by atoms with Crippen LogP contribution in [-0.2, 0) is 0 Å². The lowest BCUT2D eigenvalue weighted by molar-refractivity contribution is 0.356. The lowest BCUT2D eigenvalue weighted by Crippen LogP contribution is -2.07. The van der Waals surface area contributed by atoms with Crippen LogP contribution in [0.1, 0.15) is 32.1 Å². The largest absolute Gasteiger partial charge is 0.493 e.